The second-order valence-corrected chi connectivity index (χ2v) is 7.72. The number of aliphatic hydroxyl groups is 2. The fourth-order valence-corrected chi connectivity index (χ4v) is 4.41. The van der Waals surface area contributed by atoms with Gasteiger partial charge in [-0.15, -0.1) is 0 Å². The lowest BCUT2D eigenvalue weighted by atomic mass is 9.85. The van der Waals surface area contributed by atoms with Crippen LogP contribution in [0.5, 0.6) is 0 Å². The van der Waals surface area contributed by atoms with E-state index in [4.69, 9.17) is 11.5 Å². The predicted octanol–water partition coefficient (Wildman–Crippen LogP) is -6.04. The van der Waals surface area contributed by atoms with E-state index in [9.17, 15) is 38.1 Å². The first kappa shape index (κ1) is 19.5. The molecule has 2 fully saturated rings. The number of nitrogens with one attached hydrogen (secondary N) is 4. The summed E-state index contributed by atoms with van der Waals surface area (Å²) < 4.78 is 40.8. The van der Waals surface area contributed by atoms with Gasteiger partial charge in [-0.25, -0.2) is 14.7 Å². The minimum Gasteiger partial charge on any atom is -0.479 e. The number of hydrogen-bond donors (Lipinski definition) is 9. The Morgan fingerprint density at radius 3 is 2.41 bits per heavy atom. The van der Waals surface area contributed by atoms with Gasteiger partial charge in [-0.2, -0.15) is 13.2 Å². The van der Waals surface area contributed by atoms with E-state index in [0.717, 1.165) is 4.58 Å². The van der Waals surface area contributed by atoms with E-state index in [2.05, 4.69) is 20.9 Å². The molecular weight excluding hydrogens is 403 g/mol. The number of amides is 1. The zero-order valence-corrected chi connectivity index (χ0v) is 14.7. The Hall–Kier alpha value is -2.81. The van der Waals surface area contributed by atoms with Gasteiger partial charge in [0, 0.05) is 0 Å². The Bertz CT molecular complexity index is 868. The van der Waals surface area contributed by atoms with Crippen LogP contribution >= 0.6 is 0 Å². The lowest BCUT2D eigenvalue weighted by Gasteiger charge is -2.40. The number of guanidine groups is 2. The van der Waals surface area contributed by atoms with Crippen LogP contribution in [0.4, 0.5) is 13.2 Å². The number of carboxylic acids is 1. The molecule has 1 amide bonds. The molecule has 0 aromatic rings. The number of nitrogens with zero attached hydrogens (tertiary/aromatic N) is 1. The first-order valence-corrected chi connectivity index (χ1v) is 8.67. The maximum absolute atomic E-state index is 13.2. The minimum atomic E-state index is -4.79. The van der Waals surface area contributed by atoms with Crippen molar-refractivity contribution in [3.8, 4) is 0 Å². The van der Waals surface area contributed by atoms with Crippen molar-refractivity contribution in [2.75, 3.05) is 6.54 Å². The Morgan fingerprint density at radius 2 is 1.90 bits per heavy atom. The van der Waals surface area contributed by atoms with Crippen molar-refractivity contribution in [3.05, 3.63) is 0 Å². The molecule has 12 nitrogen and oxygen atoms in total. The van der Waals surface area contributed by atoms with E-state index in [-0.39, 0.29) is 11.9 Å². The molecule has 15 heteroatoms. The Morgan fingerprint density at radius 1 is 1.28 bits per heavy atom. The number of nitrogens with two attached hydrogens (primary N) is 2. The molecule has 0 radical (unpaired) electrons. The summed E-state index contributed by atoms with van der Waals surface area (Å²) in [6.07, 6.45) is -5.61. The lowest BCUT2D eigenvalue weighted by molar-refractivity contribution is -0.672. The highest BCUT2D eigenvalue weighted by Crippen LogP contribution is 2.58. The van der Waals surface area contributed by atoms with Crippen LogP contribution in [-0.4, -0.2) is 86.0 Å². The number of carbonyl (C=O) groups excluding carboxylic acids is 1. The van der Waals surface area contributed by atoms with Crippen LogP contribution in [0.3, 0.4) is 0 Å². The van der Waals surface area contributed by atoms with Crippen LogP contribution in [0, 0.1) is 5.41 Å². The summed E-state index contributed by atoms with van der Waals surface area (Å²) in [7, 11) is 0. The summed E-state index contributed by atoms with van der Waals surface area (Å²) in [6.45, 7) is -0.420. The zero-order valence-electron chi connectivity index (χ0n) is 14.7. The van der Waals surface area contributed by atoms with E-state index in [0.29, 0.717) is 0 Å². The molecule has 1 saturated heterocycles. The van der Waals surface area contributed by atoms with Gasteiger partial charge in [-0.05, 0) is 12.8 Å². The molecular formula is C14H20F3N7O5+2. The van der Waals surface area contributed by atoms with Gasteiger partial charge in [0.15, 0.2) is 6.04 Å². The van der Waals surface area contributed by atoms with Gasteiger partial charge in [0.25, 0.3) is 11.4 Å². The van der Waals surface area contributed by atoms with Gasteiger partial charge in [0.1, 0.15) is 11.5 Å². The Kier molecular flexibility index (Phi) is 3.64. The van der Waals surface area contributed by atoms with E-state index in [1.807, 2.05) is 0 Å². The van der Waals surface area contributed by atoms with Crippen LogP contribution in [0.1, 0.15) is 12.8 Å². The third-order valence-electron chi connectivity index (χ3n) is 6.15. The standard InChI is InChI=1S/C14H18F3N7O5/c15-14(16,17)11(1-2-11)8(27)20-4-3-24-10(19)21-5(7(25)26)6-12(24,13(4,28)29)23-9(18)22-6/h4-6,28-29H,1-3H2,(H7,18,19,20,21,22,23,25,26,27)/p+2/t4-,5?,6-,12-/m0/s1. The number of alkyl halides is 3. The SMILES string of the molecule is NC1=[NH+][C@H]2C(C(=O)O)NC(N)=[N+]3C[C@H](NC(=O)C4(C(F)(F)F)CC4)C(O)(O)[C@]23N1. The molecule has 0 bridgehead atoms. The Balaban J connectivity index is 1.72. The number of rotatable bonds is 3. The average Bonchev–Trinajstić information content (AvgIpc) is 3.29. The molecule has 4 rings (SSSR count). The van der Waals surface area contributed by atoms with E-state index in [1.54, 1.807) is 0 Å². The summed E-state index contributed by atoms with van der Waals surface area (Å²) in [6, 6.07) is -4.38. The highest BCUT2D eigenvalue weighted by molar-refractivity contribution is 5.87. The average molecular weight is 423 g/mol. The van der Waals surface area contributed by atoms with E-state index < -0.39 is 72.4 Å². The largest absolute Gasteiger partial charge is 0.479 e. The van der Waals surface area contributed by atoms with E-state index in [1.165, 1.54) is 0 Å². The molecule has 4 aliphatic rings. The molecule has 0 aromatic heterocycles. The molecule has 4 atom stereocenters. The maximum atomic E-state index is 13.2. The van der Waals surface area contributed by atoms with Crippen molar-refractivity contribution < 1.29 is 47.6 Å². The minimum absolute atomic E-state index is 0.198. The van der Waals surface area contributed by atoms with Crippen LogP contribution in [0.15, 0.2) is 0 Å². The third-order valence-corrected chi connectivity index (χ3v) is 6.15. The number of carboxylic acid groups (broad SMARTS) is 1. The summed E-state index contributed by atoms with van der Waals surface area (Å²) in [4.78, 5) is 26.6. The van der Waals surface area contributed by atoms with Gasteiger partial charge in [-0.1, -0.05) is 0 Å². The quantitative estimate of drug-likeness (QED) is 0.157. The molecule has 29 heavy (non-hydrogen) atoms. The molecule has 3 aliphatic heterocycles. The molecule has 11 N–H and O–H groups in total. The third kappa shape index (κ3) is 2.27. The molecule has 1 unspecified atom stereocenters. The summed E-state index contributed by atoms with van der Waals surface area (Å²) in [5.74, 6) is -6.20. The van der Waals surface area contributed by atoms with Crippen molar-refractivity contribution in [3.63, 3.8) is 0 Å². The van der Waals surface area contributed by atoms with Gasteiger partial charge in [-0.3, -0.25) is 26.6 Å². The summed E-state index contributed by atoms with van der Waals surface area (Å²) >= 11 is 0. The predicted molar refractivity (Wildman–Crippen MR) is 85.5 cm³/mol. The van der Waals surface area contributed by atoms with Crippen LogP contribution in [0.25, 0.3) is 0 Å². The van der Waals surface area contributed by atoms with Crippen molar-refractivity contribution >= 4 is 23.8 Å². The fraction of sp³-hybridized carbons (Fsp3) is 0.714. The molecule has 1 saturated carbocycles. The molecule has 1 aliphatic carbocycles. The number of aliphatic carboxylic acids is 1. The number of hydrogen-bond acceptors (Lipinski definition) is 8. The summed E-state index contributed by atoms with van der Waals surface area (Å²) in [5.41, 5.74) is 6.93. The second kappa shape index (κ2) is 5.41. The van der Waals surface area contributed by atoms with Gasteiger partial charge in [0.2, 0.25) is 11.9 Å². The normalized spacial score (nSPS) is 36.3. The maximum Gasteiger partial charge on any atom is 0.403 e. The smallest absolute Gasteiger partial charge is 0.403 e. The van der Waals surface area contributed by atoms with Crippen molar-refractivity contribution in [1.29, 1.82) is 0 Å². The second-order valence-electron chi connectivity index (χ2n) is 7.72. The first-order chi connectivity index (χ1) is 13.3. The van der Waals surface area contributed by atoms with Crippen molar-refractivity contribution in [2.24, 2.45) is 16.9 Å². The fourth-order valence-electron chi connectivity index (χ4n) is 4.41. The van der Waals surface area contributed by atoms with Gasteiger partial charge < -0.3 is 20.6 Å². The zero-order chi connectivity index (χ0) is 21.6. The monoisotopic (exact) mass is 423 g/mol. The van der Waals surface area contributed by atoms with Crippen LogP contribution < -0.4 is 32.4 Å². The number of carbonyl (C=O) groups is 2. The van der Waals surface area contributed by atoms with Crippen LogP contribution in [-0.2, 0) is 9.59 Å². The van der Waals surface area contributed by atoms with Crippen molar-refractivity contribution in [1.82, 2.24) is 16.0 Å². The molecule has 3 heterocycles. The highest BCUT2D eigenvalue weighted by atomic mass is 19.4. The summed E-state index contributed by atoms with van der Waals surface area (Å²) in [5, 5.41) is 38.4. The molecule has 160 valence electrons. The first-order valence-electron chi connectivity index (χ1n) is 8.67. The Labute approximate surface area is 160 Å². The van der Waals surface area contributed by atoms with Gasteiger partial charge in [0.05, 0.1) is 6.54 Å². The molecule has 0 aromatic carbocycles. The topological polar surface area (TPSA) is 200 Å². The van der Waals surface area contributed by atoms with E-state index >= 15 is 0 Å². The number of halogens is 3. The van der Waals surface area contributed by atoms with Gasteiger partial charge >= 0.3 is 24.1 Å². The highest BCUT2D eigenvalue weighted by Gasteiger charge is 2.79. The lowest BCUT2D eigenvalue weighted by Crippen LogP contribution is -2.92. The van der Waals surface area contributed by atoms with Crippen molar-refractivity contribution in [2.45, 2.75) is 48.6 Å². The molecule has 1 spiro atoms. The van der Waals surface area contributed by atoms with Crippen LogP contribution in [0.2, 0.25) is 0 Å².